The summed E-state index contributed by atoms with van der Waals surface area (Å²) in [6.07, 6.45) is 3.47. The van der Waals surface area contributed by atoms with Gasteiger partial charge in [-0.05, 0) is 30.2 Å². The molecule has 5 nitrogen and oxygen atoms in total. The van der Waals surface area contributed by atoms with E-state index in [9.17, 15) is 4.79 Å². The predicted octanol–water partition coefficient (Wildman–Crippen LogP) is 2.26. The maximum absolute atomic E-state index is 11.6. The van der Waals surface area contributed by atoms with Gasteiger partial charge in [-0.2, -0.15) is 5.10 Å². The molecule has 1 unspecified atom stereocenters. The summed E-state index contributed by atoms with van der Waals surface area (Å²) >= 11 is 0. The second kappa shape index (κ2) is 5.36. The molecular weight excluding hydrogens is 264 g/mol. The Balaban J connectivity index is 2.16. The molecule has 0 saturated carbocycles. The number of benzene rings is 1. The van der Waals surface area contributed by atoms with Crippen LogP contribution in [0.3, 0.4) is 0 Å². The molecule has 2 aromatic heterocycles. The lowest BCUT2D eigenvalue weighted by Crippen LogP contribution is -2.28. The Morgan fingerprint density at radius 1 is 1.24 bits per heavy atom. The molecule has 2 heterocycles. The number of carbonyl (C=O) groups excluding carboxylic acids is 1. The monoisotopic (exact) mass is 280 g/mol. The normalized spacial score (nSPS) is 12.3. The molecule has 1 N–H and O–H groups in total. The van der Waals surface area contributed by atoms with Crippen LogP contribution in [-0.4, -0.2) is 20.5 Å². The molecule has 3 rings (SSSR count). The number of rotatable bonds is 3. The summed E-state index contributed by atoms with van der Waals surface area (Å²) in [5.41, 5.74) is 3.76. The highest BCUT2D eigenvalue weighted by Crippen LogP contribution is 2.25. The third-order valence-corrected chi connectivity index (χ3v) is 3.45. The van der Waals surface area contributed by atoms with Gasteiger partial charge in [0.1, 0.15) is 0 Å². The van der Waals surface area contributed by atoms with Crippen molar-refractivity contribution in [2.75, 3.05) is 0 Å². The molecule has 1 aromatic carbocycles. The third-order valence-electron chi connectivity index (χ3n) is 3.45. The van der Waals surface area contributed by atoms with Crippen molar-refractivity contribution in [1.82, 2.24) is 19.9 Å². The van der Waals surface area contributed by atoms with Gasteiger partial charge in [-0.15, -0.1) is 0 Å². The molecule has 0 fully saturated rings. The molecule has 0 aliphatic heterocycles. The van der Waals surface area contributed by atoms with Crippen molar-refractivity contribution in [2.24, 2.45) is 0 Å². The quantitative estimate of drug-likeness (QED) is 0.800. The lowest BCUT2D eigenvalue weighted by Gasteiger charge is -2.19. The van der Waals surface area contributed by atoms with Gasteiger partial charge in [0.25, 0.3) is 0 Å². The fraction of sp³-hybridized carbons (Fsp3) is 0.188. The minimum absolute atomic E-state index is 0.0888. The van der Waals surface area contributed by atoms with Gasteiger partial charge in [-0.25, -0.2) is 9.50 Å². The van der Waals surface area contributed by atoms with Crippen molar-refractivity contribution in [1.29, 1.82) is 0 Å². The number of nitrogens with one attached hydrogen (secondary N) is 1. The molecule has 106 valence electrons. The number of fused-ring (bicyclic) bond motifs is 1. The number of amides is 1. The molecule has 0 aliphatic rings. The largest absolute Gasteiger partial charge is 0.344 e. The average Bonchev–Trinajstić information content (AvgIpc) is 2.89. The molecule has 0 saturated heterocycles. The van der Waals surface area contributed by atoms with Gasteiger partial charge >= 0.3 is 0 Å². The van der Waals surface area contributed by atoms with E-state index in [0.717, 1.165) is 22.5 Å². The number of hydrogen-bond donors (Lipinski definition) is 1. The highest BCUT2D eigenvalue weighted by molar-refractivity contribution is 5.74. The third kappa shape index (κ3) is 2.50. The minimum atomic E-state index is -0.270. The zero-order chi connectivity index (χ0) is 14.8. The zero-order valence-electron chi connectivity index (χ0n) is 11.9. The van der Waals surface area contributed by atoms with E-state index in [0.29, 0.717) is 0 Å². The Kier molecular flexibility index (Phi) is 3.39. The van der Waals surface area contributed by atoms with Crippen molar-refractivity contribution in [3.63, 3.8) is 0 Å². The second-order valence-corrected chi connectivity index (χ2v) is 4.97. The van der Waals surface area contributed by atoms with Gasteiger partial charge in [0.15, 0.2) is 5.65 Å². The second-order valence-electron chi connectivity index (χ2n) is 4.97. The molecular formula is C16H16N4O. The summed E-state index contributed by atoms with van der Waals surface area (Å²) in [5.74, 6) is -0.0888. The topological polar surface area (TPSA) is 59.3 Å². The molecule has 1 atom stereocenters. The Morgan fingerprint density at radius 2 is 2.05 bits per heavy atom. The lowest BCUT2D eigenvalue weighted by molar-refractivity contribution is -0.119. The van der Waals surface area contributed by atoms with Crippen LogP contribution in [0, 0.1) is 6.92 Å². The van der Waals surface area contributed by atoms with Crippen LogP contribution in [0.1, 0.15) is 29.8 Å². The highest BCUT2D eigenvalue weighted by atomic mass is 16.1. The molecule has 21 heavy (non-hydrogen) atoms. The van der Waals surface area contributed by atoms with Gasteiger partial charge in [-0.1, -0.05) is 24.3 Å². The Bertz CT molecular complexity index is 794. The number of carbonyl (C=O) groups is 1. The number of imidazole rings is 1. The molecule has 3 aromatic rings. The number of aromatic nitrogens is 3. The highest BCUT2D eigenvalue weighted by Gasteiger charge is 2.21. The molecule has 0 spiro atoms. The SMILES string of the molecule is CC(=O)NC(c1ccccc1C)c1cnc2cccnn12. The van der Waals surface area contributed by atoms with E-state index in [1.165, 1.54) is 6.92 Å². The summed E-state index contributed by atoms with van der Waals surface area (Å²) in [4.78, 5) is 16.0. The van der Waals surface area contributed by atoms with Crippen LogP contribution < -0.4 is 5.32 Å². The lowest BCUT2D eigenvalue weighted by atomic mass is 9.99. The van der Waals surface area contributed by atoms with E-state index in [-0.39, 0.29) is 11.9 Å². The Labute approximate surface area is 122 Å². The van der Waals surface area contributed by atoms with Gasteiger partial charge < -0.3 is 5.32 Å². The van der Waals surface area contributed by atoms with Gasteiger partial charge in [0.2, 0.25) is 5.91 Å². The van der Waals surface area contributed by atoms with Gasteiger partial charge in [0.05, 0.1) is 17.9 Å². The smallest absolute Gasteiger partial charge is 0.217 e. The molecule has 0 aliphatic carbocycles. The standard InChI is InChI=1S/C16H16N4O/c1-11-6-3-4-7-13(11)16(19-12(2)21)14-10-17-15-8-5-9-18-20(14)15/h3-10,16H,1-2H3,(H,19,21). The maximum Gasteiger partial charge on any atom is 0.217 e. The average molecular weight is 280 g/mol. The first-order valence-electron chi connectivity index (χ1n) is 6.78. The van der Waals surface area contributed by atoms with E-state index in [4.69, 9.17) is 0 Å². The van der Waals surface area contributed by atoms with Crippen molar-refractivity contribution in [3.8, 4) is 0 Å². The van der Waals surface area contributed by atoms with Crippen LogP contribution in [0.25, 0.3) is 5.65 Å². The van der Waals surface area contributed by atoms with Crippen molar-refractivity contribution in [2.45, 2.75) is 19.9 Å². The fourth-order valence-corrected chi connectivity index (χ4v) is 2.47. The van der Waals surface area contributed by atoms with Crippen molar-refractivity contribution in [3.05, 3.63) is 65.6 Å². The summed E-state index contributed by atoms with van der Waals surface area (Å²) in [6.45, 7) is 3.54. The number of hydrogen-bond acceptors (Lipinski definition) is 3. The Hall–Kier alpha value is -2.69. The van der Waals surface area contributed by atoms with Crippen LogP contribution in [0.4, 0.5) is 0 Å². The van der Waals surface area contributed by atoms with E-state index < -0.39 is 0 Å². The van der Waals surface area contributed by atoms with E-state index in [1.54, 1.807) is 16.9 Å². The molecule has 5 heteroatoms. The first-order chi connectivity index (χ1) is 10.2. The zero-order valence-corrected chi connectivity index (χ0v) is 11.9. The van der Waals surface area contributed by atoms with Crippen LogP contribution in [0.2, 0.25) is 0 Å². The number of nitrogens with zero attached hydrogens (tertiary/aromatic N) is 3. The van der Waals surface area contributed by atoms with Crippen LogP contribution in [0.15, 0.2) is 48.8 Å². The summed E-state index contributed by atoms with van der Waals surface area (Å²) in [6, 6.07) is 11.4. The molecule has 0 bridgehead atoms. The Morgan fingerprint density at radius 3 is 2.81 bits per heavy atom. The van der Waals surface area contributed by atoms with E-state index in [2.05, 4.69) is 15.4 Å². The van der Waals surface area contributed by atoms with Crippen LogP contribution >= 0.6 is 0 Å². The van der Waals surface area contributed by atoms with Gasteiger partial charge in [-0.3, -0.25) is 4.79 Å². The van der Waals surface area contributed by atoms with Crippen molar-refractivity contribution >= 4 is 11.6 Å². The van der Waals surface area contributed by atoms with Crippen LogP contribution in [0.5, 0.6) is 0 Å². The predicted molar refractivity (Wildman–Crippen MR) is 79.8 cm³/mol. The molecule has 0 radical (unpaired) electrons. The van der Waals surface area contributed by atoms with E-state index in [1.807, 2.05) is 43.3 Å². The maximum atomic E-state index is 11.6. The summed E-state index contributed by atoms with van der Waals surface area (Å²) in [7, 11) is 0. The summed E-state index contributed by atoms with van der Waals surface area (Å²) < 4.78 is 1.76. The fourth-order valence-electron chi connectivity index (χ4n) is 2.47. The minimum Gasteiger partial charge on any atom is -0.344 e. The van der Waals surface area contributed by atoms with Crippen molar-refractivity contribution < 1.29 is 4.79 Å². The number of aryl methyl sites for hydroxylation is 1. The van der Waals surface area contributed by atoms with Gasteiger partial charge in [0, 0.05) is 13.1 Å². The molecule has 1 amide bonds. The first kappa shape index (κ1) is 13.3. The van der Waals surface area contributed by atoms with E-state index >= 15 is 0 Å². The first-order valence-corrected chi connectivity index (χ1v) is 6.78. The van der Waals surface area contributed by atoms with Crippen LogP contribution in [-0.2, 0) is 4.79 Å². The summed E-state index contributed by atoms with van der Waals surface area (Å²) in [5, 5.41) is 7.32.